The Bertz CT molecular complexity index is 746. The second-order valence-corrected chi connectivity index (χ2v) is 7.33. The van der Waals surface area contributed by atoms with Gasteiger partial charge in [-0.1, -0.05) is 24.3 Å². The highest BCUT2D eigenvalue weighted by molar-refractivity contribution is 5.73. The number of anilines is 1. The third kappa shape index (κ3) is 3.95. The summed E-state index contributed by atoms with van der Waals surface area (Å²) < 4.78 is 10.8. The highest BCUT2D eigenvalue weighted by Crippen LogP contribution is 2.40. The van der Waals surface area contributed by atoms with Gasteiger partial charge in [-0.15, -0.1) is 0 Å². The van der Waals surface area contributed by atoms with Crippen molar-refractivity contribution >= 4 is 11.7 Å². The third-order valence-corrected chi connectivity index (χ3v) is 4.32. The molecule has 0 spiro atoms. The average Bonchev–Trinajstić information content (AvgIpc) is 2.92. The lowest BCUT2D eigenvalue weighted by atomic mass is 10.0. The minimum atomic E-state index is -0.472. The third-order valence-electron chi connectivity index (χ3n) is 4.32. The van der Waals surface area contributed by atoms with Gasteiger partial charge >= 0.3 is 5.97 Å². The van der Waals surface area contributed by atoms with Crippen LogP contribution in [0.3, 0.4) is 0 Å². The topological polar surface area (TPSA) is 38.8 Å². The molecule has 1 aliphatic rings. The van der Waals surface area contributed by atoms with E-state index in [9.17, 15) is 4.79 Å². The summed E-state index contributed by atoms with van der Waals surface area (Å²) >= 11 is 0. The van der Waals surface area contributed by atoms with Crippen molar-refractivity contribution in [3.8, 4) is 5.75 Å². The molecule has 0 amide bonds. The van der Waals surface area contributed by atoms with E-state index >= 15 is 0 Å². The number of hydrogen-bond donors (Lipinski definition) is 0. The normalized spacial score (nSPS) is 16.5. The standard InChI is InChI=1S/C21H25NO3/c1-21(2,3)25-20(23)13-19-18-8-6-5-7-15(18)14-22(19)16-9-11-17(24-4)12-10-16/h5-12,19H,13-14H2,1-4H3. The quantitative estimate of drug-likeness (QED) is 0.770. The largest absolute Gasteiger partial charge is 0.497 e. The molecule has 1 heterocycles. The first-order chi connectivity index (χ1) is 11.9. The van der Waals surface area contributed by atoms with Crippen molar-refractivity contribution in [2.45, 2.75) is 45.4 Å². The highest BCUT2D eigenvalue weighted by atomic mass is 16.6. The number of benzene rings is 2. The zero-order valence-corrected chi connectivity index (χ0v) is 15.3. The Morgan fingerprint density at radius 2 is 1.80 bits per heavy atom. The van der Waals surface area contributed by atoms with Gasteiger partial charge in [0, 0.05) is 12.2 Å². The highest BCUT2D eigenvalue weighted by Gasteiger charge is 2.33. The molecule has 0 N–H and O–H groups in total. The van der Waals surface area contributed by atoms with E-state index in [4.69, 9.17) is 9.47 Å². The predicted octanol–water partition coefficient (Wildman–Crippen LogP) is 4.49. The van der Waals surface area contributed by atoms with Gasteiger partial charge in [0.1, 0.15) is 11.4 Å². The zero-order chi connectivity index (χ0) is 18.0. The molecule has 3 rings (SSSR count). The number of esters is 1. The number of fused-ring (bicyclic) bond motifs is 1. The second kappa shape index (κ2) is 6.79. The number of rotatable bonds is 4. The second-order valence-electron chi connectivity index (χ2n) is 7.33. The van der Waals surface area contributed by atoms with E-state index in [0.29, 0.717) is 6.42 Å². The molecule has 4 nitrogen and oxygen atoms in total. The Hall–Kier alpha value is -2.49. The van der Waals surface area contributed by atoms with E-state index in [0.717, 1.165) is 18.0 Å². The van der Waals surface area contributed by atoms with Crippen molar-refractivity contribution in [1.29, 1.82) is 0 Å². The van der Waals surface area contributed by atoms with Gasteiger partial charge in [0.25, 0.3) is 0 Å². The SMILES string of the molecule is COc1ccc(N2Cc3ccccc3C2CC(=O)OC(C)(C)C)cc1. The number of carbonyl (C=O) groups excluding carboxylic acids is 1. The Labute approximate surface area is 149 Å². The first-order valence-corrected chi connectivity index (χ1v) is 8.58. The molecule has 4 heteroatoms. The van der Waals surface area contributed by atoms with Gasteiger partial charge in [0.15, 0.2) is 0 Å². The van der Waals surface area contributed by atoms with E-state index in [-0.39, 0.29) is 12.0 Å². The molecule has 0 bridgehead atoms. The fourth-order valence-corrected chi connectivity index (χ4v) is 3.27. The van der Waals surface area contributed by atoms with Crippen molar-refractivity contribution < 1.29 is 14.3 Å². The predicted molar refractivity (Wildman–Crippen MR) is 98.8 cm³/mol. The molecule has 0 aromatic heterocycles. The van der Waals surface area contributed by atoms with E-state index in [1.165, 1.54) is 11.1 Å². The van der Waals surface area contributed by atoms with Crippen LogP contribution in [0.5, 0.6) is 5.75 Å². The maximum atomic E-state index is 12.4. The number of nitrogens with zero attached hydrogens (tertiary/aromatic N) is 1. The van der Waals surface area contributed by atoms with Crippen LogP contribution in [0.1, 0.15) is 44.4 Å². The van der Waals surface area contributed by atoms with Crippen LogP contribution in [-0.4, -0.2) is 18.7 Å². The first kappa shape index (κ1) is 17.3. The summed E-state index contributed by atoms with van der Waals surface area (Å²) in [6, 6.07) is 16.2. The molecule has 1 atom stereocenters. The summed E-state index contributed by atoms with van der Waals surface area (Å²) in [4.78, 5) is 14.7. The number of hydrogen-bond acceptors (Lipinski definition) is 4. The number of ether oxygens (including phenoxy) is 2. The van der Waals surface area contributed by atoms with Crippen LogP contribution in [0.15, 0.2) is 48.5 Å². The minimum Gasteiger partial charge on any atom is -0.497 e. The Morgan fingerprint density at radius 3 is 2.44 bits per heavy atom. The molecule has 0 saturated heterocycles. The first-order valence-electron chi connectivity index (χ1n) is 8.58. The summed E-state index contributed by atoms with van der Waals surface area (Å²) in [5.41, 5.74) is 3.06. The molecule has 0 fully saturated rings. The summed E-state index contributed by atoms with van der Waals surface area (Å²) in [6.07, 6.45) is 0.334. The van der Waals surface area contributed by atoms with Crippen LogP contribution < -0.4 is 9.64 Å². The van der Waals surface area contributed by atoms with Crippen LogP contribution >= 0.6 is 0 Å². The Kier molecular flexibility index (Phi) is 4.71. The maximum absolute atomic E-state index is 12.4. The summed E-state index contributed by atoms with van der Waals surface area (Å²) in [7, 11) is 1.66. The minimum absolute atomic E-state index is 0.0144. The molecule has 2 aromatic carbocycles. The summed E-state index contributed by atoms with van der Waals surface area (Å²) in [5.74, 6) is 0.650. The van der Waals surface area contributed by atoms with Crippen LogP contribution in [0, 0.1) is 0 Å². The monoisotopic (exact) mass is 339 g/mol. The van der Waals surface area contributed by atoms with Crippen LogP contribution in [0.2, 0.25) is 0 Å². The molecule has 0 radical (unpaired) electrons. The Morgan fingerprint density at radius 1 is 1.12 bits per heavy atom. The van der Waals surface area contributed by atoms with Gasteiger partial charge < -0.3 is 14.4 Å². The molecule has 132 valence electrons. The number of methoxy groups -OCH3 is 1. The smallest absolute Gasteiger partial charge is 0.308 e. The van der Waals surface area contributed by atoms with Crippen molar-refractivity contribution in [2.24, 2.45) is 0 Å². The lowest BCUT2D eigenvalue weighted by Crippen LogP contribution is -2.29. The van der Waals surface area contributed by atoms with E-state index in [2.05, 4.69) is 17.0 Å². The van der Waals surface area contributed by atoms with Gasteiger partial charge in [0.2, 0.25) is 0 Å². The van der Waals surface area contributed by atoms with E-state index in [1.807, 2.05) is 57.2 Å². The lowest BCUT2D eigenvalue weighted by molar-refractivity contribution is -0.155. The average molecular weight is 339 g/mol. The van der Waals surface area contributed by atoms with Gasteiger partial charge in [-0.2, -0.15) is 0 Å². The molecule has 0 saturated carbocycles. The molecule has 1 aliphatic heterocycles. The van der Waals surface area contributed by atoms with Crippen molar-refractivity contribution in [1.82, 2.24) is 0 Å². The summed E-state index contributed by atoms with van der Waals surface area (Å²) in [6.45, 7) is 6.48. The van der Waals surface area contributed by atoms with E-state index in [1.54, 1.807) is 7.11 Å². The van der Waals surface area contributed by atoms with Gasteiger partial charge in [-0.3, -0.25) is 4.79 Å². The fourth-order valence-electron chi connectivity index (χ4n) is 3.27. The fraction of sp³-hybridized carbons (Fsp3) is 0.381. The van der Waals surface area contributed by atoms with E-state index < -0.39 is 5.60 Å². The molecule has 2 aromatic rings. The van der Waals surface area contributed by atoms with Gasteiger partial charge in [-0.25, -0.2) is 0 Å². The molecular formula is C21H25NO3. The van der Waals surface area contributed by atoms with Crippen LogP contribution in [-0.2, 0) is 16.1 Å². The molecular weight excluding hydrogens is 314 g/mol. The Balaban J connectivity index is 1.87. The van der Waals surface area contributed by atoms with Gasteiger partial charge in [0.05, 0.1) is 19.6 Å². The molecule has 1 unspecified atom stereocenters. The molecule has 25 heavy (non-hydrogen) atoms. The van der Waals surface area contributed by atoms with Crippen LogP contribution in [0.4, 0.5) is 5.69 Å². The van der Waals surface area contributed by atoms with Gasteiger partial charge in [-0.05, 0) is 56.2 Å². The lowest BCUT2D eigenvalue weighted by Gasteiger charge is -2.28. The maximum Gasteiger partial charge on any atom is 0.308 e. The van der Waals surface area contributed by atoms with Crippen molar-refractivity contribution in [2.75, 3.05) is 12.0 Å². The number of carbonyl (C=O) groups is 1. The summed E-state index contributed by atoms with van der Waals surface area (Å²) in [5, 5.41) is 0. The zero-order valence-electron chi connectivity index (χ0n) is 15.3. The van der Waals surface area contributed by atoms with Crippen molar-refractivity contribution in [3.63, 3.8) is 0 Å². The molecule has 0 aliphatic carbocycles. The van der Waals surface area contributed by atoms with Crippen LogP contribution in [0.25, 0.3) is 0 Å². The van der Waals surface area contributed by atoms with Crippen molar-refractivity contribution in [3.05, 3.63) is 59.7 Å².